The zero-order valence-corrected chi connectivity index (χ0v) is 13.3. The largest absolute Gasteiger partial charge is 0.320 e. The topological polar surface area (TPSA) is 54.5 Å². The van der Waals surface area contributed by atoms with Crippen LogP contribution in [0.25, 0.3) is 22.6 Å². The SMILES string of the molecule is CC(C)n1c(-c2ccc(Br)cn2)nc2cc(C#N)ccc21. The van der Waals surface area contributed by atoms with E-state index in [0.29, 0.717) is 5.56 Å². The number of hydrogen-bond donors (Lipinski definition) is 0. The first-order valence-corrected chi connectivity index (χ1v) is 7.43. The molecule has 2 aromatic heterocycles. The second-order valence-corrected chi connectivity index (χ2v) is 5.99. The van der Waals surface area contributed by atoms with Gasteiger partial charge in [0.2, 0.25) is 0 Å². The van der Waals surface area contributed by atoms with Crippen molar-refractivity contribution in [3.8, 4) is 17.6 Å². The minimum atomic E-state index is 0.253. The van der Waals surface area contributed by atoms with Crippen molar-refractivity contribution >= 4 is 27.0 Å². The number of pyridine rings is 1. The van der Waals surface area contributed by atoms with E-state index in [4.69, 9.17) is 5.26 Å². The Kier molecular flexibility index (Phi) is 3.48. The lowest BCUT2D eigenvalue weighted by Gasteiger charge is -2.12. The molecule has 0 bridgehead atoms. The summed E-state index contributed by atoms with van der Waals surface area (Å²) in [5.74, 6) is 0.822. The van der Waals surface area contributed by atoms with E-state index in [2.05, 4.69) is 50.4 Å². The summed E-state index contributed by atoms with van der Waals surface area (Å²) >= 11 is 3.39. The molecule has 0 fully saturated rings. The summed E-state index contributed by atoms with van der Waals surface area (Å²) in [6.07, 6.45) is 1.76. The highest BCUT2D eigenvalue weighted by Crippen LogP contribution is 2.28. The molecule has 0 aliphatic heterocycles. The van der Waals surface area contributed by atoms with Crippen molar-refractivity contribution in [2.24, 2.45) is 0 Å². The quantitative estimate of drug-likeness (QED) is 0.698. The van der Waals surface area contributed by atoms with Gasteiger partial charge in [-0.05, 0) is 60.1 Å². The Morgan fingerprint density at radius 1 is 1.24 bits per heavy atom. The molecule has 0 saturated carbocycles. The Balaban J connectivity index is 2.28. The molecule has 1 aromatic carbocycles. The Bertz CT molecular complexity index is 841. The van der Waals surface area contributed by atoms with Crippen molar-refractivity contribution in [2.75, 3.05) is 0 Å². The molecule has 2 heterocycles. The Morgan fingerprint density at radius 3 is 2.67 bits per heavy atom. The predicted molar refractivity (Wildman–Crippen MR) is 85.8 cm³/mol. The molecule has 0 N–H and O–H groups in total. The molecule has 0 saturated heterocycles. The highest BCUT2D eigenvalue weighted by molar-refractivity contribution is 9.10. The van der Waals surface area contributed by atoms with Crippen LogP contribution in [-0.4, -0.2) is 14.5 Å². The molecule has 0 atom stereocenters. The summed E-state index contributed by atoms with van der Waals surface area (Å²) in [6.45, 7) is 4.23. The number of hydrogen-bond acceptors (Lipinski definition) is 3. The van der Waals surface area contributed by atoms with Crippen LogP contribution in [0.5, 0.6) is 0 Å². The zero-order chi connectivity index (χ0) is 15.0. The molecular formula is C16H13BrN4. The number of nitriles is 1. The summed E-state index contributed by atoms with van der Waals surface area (Å²) in [5, 5.41) is 9.03. The molecule has 3 aromatic rings. The van der Waals surface area contributed by atoms with Gasteiger partial charge in [-0.3, -0.25) is 4.98 Å². The Hall–Kier alpha value is -2.19. The van der Waals surface area contributed by atoms with Gasteiger partial charge in [-0.2, -0.15) is 5.26 Å². The lowest BCUT2D eigenvalue weighted by molar-refractivity contribution is 0.623. The van der Waals surface area contributed by atoms with Crippen molar-refractivity contribution in [1.82, 2.24) is 14.5 Å². The first kappa shape index (κ1) is 13.8. The Labute approximate surface area is 131 Å². The van der Waals surface area contributed by atoms with E-state index in [0.717, 1.165) is 27.0 Å². The van der Waals surface area contributed by atoms with Gasteiger partial charge in [0.15, 0.2) is 5.82 Å². The fraction of sp³-hybridized carbons (Fsp3) is 0.188. The first-order chi connectivity index (χ1) is 10.1. The average molecular weight is 341 g/mol. The molecule has 0 spiro atoms. The van der Waals surface area contributed by atoms with Gasteiger partial charge in [0.25, 0.3) is 0 Å². The average Bonchev–Trinajstić information content (AvgIpc) is 2.86. The lowest BCUT2D eigenvalue weighted by Crippen LogP contribution is -2.03. The standard InChI is InChI=1S/C16H13BrN4/c1-10(2)21-15-6-3-11(8-18)7-14(15)20-16(21)13-5-4-12(17)9-19-13/h3-7,9-10H,1-2H3. The minimum Gasteiger partial charge on any atom is -0.320 e. The van der Waals surface area contributed by atoms with Crippen molar-refractivity contribution in [2.45, 2.75) is 19.9 Å². The number of rotatable bonds is 2. The van der Waals surface area contributed by atoms with Gasteiger partial charge in [0.05, 0.1) is 22.7 Å². The number of halogens is 1. The third kappa shape index (κ3) is 2.43. The van der Waals surface area contributed by atoms with E-state index in [-0.39, 0.29) is 6.04 Å². The maximum Gasteiger partial charge on any atom is 0.160 e. The Morgan fingerprint density at radius 2 is 2.05 bits per heavy atom. The normalized spacial score (nSPS) is 11.0. The summed E-state index contributed by atoms with van der Waals surface area (Å²) in [7, 11) is 0. The van der Waals surface area contributed by atoms with Crippen LogP contribution in [0.15, 0.2) is 41.0 Å². The van der Waals surface area contributed by atoms with E-state index in [1.54, 1.807) is 6.20 Å². The molecule has 0 unspecified atom stereocenters. The highest BCUT2D eigenvalue weighted by atomic mass is 79.9. The number of aromatic nitrogens is 3. The van der Waals surface area contributed by atoms with Crippen LogP contribution in [-0.2, 0) is 0 Å². The third-order valence-electron chi connectivity index (χ3n) is 3.29. The molecule has 0 aliphatic carbocycles. The van der Waals surface area contributed by atoms with Gasteiger partial charge >= 0.3 is 0 Å². The van der Waals surface area contributed by atoms with Crippen molar-refractivity contribution in [1.29, 1.82) is 5.26 Å². The van der Waals surface area contributed by atoms with Crippen molar-refractivity contribution < 1.29 is 0 Å². The van der Waals surface area contributed by atoms with Crippen molar-refractivity contribution in [3.63, 3.8) is 0 Å². The maximum absolute atomic E-state index is 9.03. The van der Waals surface area contributed by atoms with Crippen LogP contribution in [0.2, 0.25) is 0 Å². The van der Waals surface area contributed by atoms with Gasteiger partial charge in [0.1, 0.15) is 5.69 Å². The highest BCUT2D eigenvalue weighted by Gasteiger charge is 2.16. The first-order valence-electron chi connectivity index (χ1n) is 6.64. The fourth-order valence-electron chi connectivity index (χ4n) is 2.38. The van der Waals surface area contributed by atoms with E-state index < -0.39 is 0 Å². The second kappa shape index (κ2) is 5.30. The molecule has 4 nitrogen and oxygen atoms in total. The molecular weight excluding hydrogens is 328 g/mol. The van der Waals surface area contributed by atoms with E-state index in [1.807, 2.05) is 30.3 Å². The van der Waals surface area contributed by atoms with E-state index in [1.165, 1.54) is 0 Å². The minimum absolute atomic E-state index is 0.253. The van der Waals surface area contributed by atoms with Crippen LogP contribution in [0, 0.1) is 11.3 Å². The molecule has 0 amide bonds. The van der Waals surface area contributed by atoms with Crippen LogP contribution >= 0.6 is 15.9 Å². The summed E-state index contributed by atoms with van der Waals surface area (Å²) in [6, 6.07) is 11.9. The van der Waals surface area contributed by atoms with Gasteiger partial charge < -0.3 is 4.57 Å². The van der Waals surface area contributed by atoms with Gasteiger partial charge in [-0.25, -0.2) is 4.98 Å². The number of imidazole rings is 1. The molecule has 21 heavy (non-hydrogen) atoms. The lowest BCUT2D eigenvalue weighted by atomic mass is 10.2. The number of nitrogens with zero attached hydrogens (tertiary/aromatic N) is 4. The second-order valence-electron chi connectivity index (χ2n) is 5.08. The molecule has 0 radical (unpaired) electrons. The summed E-state index contributed by atoms with van der Waals surface area (Å²) < 4.78 is 3.08. The van der Waals surface area contributed by atoms with E-state index >= 15 is 0 Å². The van der Waals surface area contributed by atoms with E-state index in [9.17, 15) is 0 Å². The smallest absolute Gasteiger partial charge is 0.160 e. The fourth-order valence-corrected chi connectivity index (χ4v) is 2.61. The summed E-state index contributed by atoms with van der Waals surface area (Å²) in [5.41, 5.74) is 3.28. The zero-order valence-electron chi connectivity index (χ0n) is 11.7. The molecule has 0 aliphatic rings. The van der Waals surface area contributed by atoms with Crippen LogP contribution in [0.4, 0.5) is 0 Å². The monoisotopic (exact) mass is 340 g/mol. The summed E-state index contributed by atoms with van der Waals surface area (Å²) in [4.78, 5) is 9.11. The van der Waals surface area contributed by atoms with Gasteiger partial charge in [0, 0.05) is 16.7 Å². The number of fused-ring (bicyclic) bond motifs is 1. The van der Waals surface area contributed by atoms with Crippen LogP contribution in [0.1, 0.15) is 25.5 Å². The third-order valence-corrected chi connectivity index (χ3v) is 3.76. The number of benzene rings is 1. The van der Waals surface area contributed by atoms with Gasteiger partial charge in [-0.1, -0.05) is 0 Å². The van der Waals surface area contributed by atoms with Crippen molar-refractivity contribution in [3.05, 3.63) is 46.6 Å². The maximum atomic E-state index is 9.03. The van der Waals surface area contributed by atoms with Crippen LogP contribution in [0.3, 0.4) is 0 Å². The molecule has 3 rings (SSSR count). The van der Waals surface area contributed by atoms with Crippen LogP contribution < -0.4 is 0 Å². The molecule has 104 valence electrons. The van der Waals surface area contributed by atoms with Gasteiger partial charge in [-0.15, -0.1) is 0 Å². The molecule has 5 heteroatoms. The predicted octanol–water partition coefficient (Wildman–Crippen LogP) is 4.31.